The number of hydrogen-bond acceptors (Lipinski definition) is 2. The van der Waals surface area contributed by atoms with E-state index in [1.165, 1.54) is 10.9 Å². The normalized spacial score (nSPS) is 20.0. The molecule has 3 N–H and O–H groups in total. The lowest BCUT2D eigenvalue weighted by Gasteiger charge is -2.25. The highest BCUT2D eigenvalue weighted by Crippen LogP contribution is 2.23. The van der Waals surface area contributed by atoms with Crippen LogP contribution in [0.25, 0.3) is 10.9 Å². The molecule has 0 spiro atoms. The second kappa shape index (κ2) is 9.92. The predicted molar refractivity (Wildman–Crippen MR) is 104 cm³/mol. The van der Waals surface area contributed by atoms with Gasteiger partial charge in [0.05, 0.1) is 0 Å². The standard InChI is InChI=1S/C18H25N3O.2ClH/c19-16-7-3-6-15(13-16)18(22)20-10-4-11-21-12-9-14-5-1-2-8-17(14)21;;/h1-2,5,8-9,12,15-16H,3-4,6-7,10-11,13,19H2,(H,20,22);2*1H. The van der Waals surface area contributed by atoms with E-state index in [0.717, 1.165) is 45.2 Å². The van der Waals surface area contributed by atoms with Crippen LogP contribution in [0.1, 0.15) is 32.1 Å². The molecule has 2 aromatic rings. The van der Waals surface area contributed by atoms with Crippen LogP contribution < -0.4 is 11.1 Å². The number of rotatable bonds is 5. The number of halogens is 2. The molecule has 1 saturated carbocycles. The highest BCUT2D eigenvalue weighted by atomic mass is 35.5. The van der Waals surface area contributed by atoms with E-state index in [1.807, 2.05) is 0 Å². The first kappa shape index (κ1) is 20.8. The van der Waals surface area contributed by atoms with Crippen molar-refractivity contribution >= 4 is 41.6 Å². The number of hydrogen-bond donors (Lipinski definition) is 2. The van der Waals surface area contributed by atoms with Gasteiger partial charge in [-0.3, -0.25) is 4.79 Å². The Morgan fingerprint density at radius 1 is 1.21 bits per heavy atom. The topological polar surface area (TPSA) is 60.1 Å². The zero-order valence-electron chi connectivity index (χ0n) is 13.8. The average molecular weight is 372 g/mol. The lowest BCUT2D eigenvalue weighted by molar-refractivity contribution is -0.126. The Kier molecular flexibility index (Phi) is 8.60. The number of amides is 1. The van der Waals surface area contributed by atoms with E-state index in [1.54, 1.807) is 0 Å². The summed E-state index contributed by atoms with van der Waals surface area (Å²) in [5.74, 6) is 0.309. The lowest BCUT2D eigenvalue weighted by Crippen LogP contribution is -2.38. The van der Waals surface area contributed by atoms with Crippen molar-refractivity contribution < 1.29 is 4.79 Å². The quantitative estimate of drug-likeness (QED) is 0.789. The van der Waals surface area contributed by atoms with Crippen LogP contribution in [0.2, 0.25) is 0 Å². The van der Waals surface area contributed by atoms with Gasteiger partial charge in [0.25, 0.3) is 0 Å². The number of nitrogens with zero attached hydrogens (tertiary/aromatic N) is 1. The van der Waals surface area contributed by atoms with Crippen molar-refractivity contribution in [1.82, 2.24) is 9.88 Å². The molecule has 134 valence electrons. The van der Waals surface area contributed by atoms with Gasteiger partial charge in [-0.15, -0.1) is 24.8 Å². The number of nitrogens with two attached hydrogens (primary N) is 1. The first-order valence-corrected chi connectivity index (χ1v) is 8.31. The summed E-state index contributed by atoms with van der Waals surface area (Å²) in [6, 6.07) is 10.7. The first-order chi connectivity index (χ1) is 10.7. The largest absolute Gasteiger partial charge is 0.356 e. The molecule has 1 aromatic heterocycles. The number of aromatic nitrogens is 1. The molecule has 0 bridgehead atoms. The highest BCUT2D eigenvalue weighted by molar-refractivity contribution is 5.85. The summed E-state index contributed by atoms with van der Waals surface area (Å²) >= 11 is 0. The van der Waals surface area contributed by atoms with Gasteiger partial charge < -0.3 is 15.6 Å². The minimum atomic E-state index is 0. The minimum absolute atomic E-state index is 0. The Morgan fingerprint density at radius 2 is 2.00 bits per heavy atom. The van der Waals surface area contributed by atoms with Gasteiger partial charge in [0.15, 0.2) is 0 Å². The molecule has 4 nitrogen and oxygen atoms in total. The van der Waals surface area contributed by atoms with Crippen LogP contribution in [0.5, 0.6) is 0 Å². The third kappa shape index (κ3) is 5.13. The van der Waals surface area contributed by atoms with Crippen LogP contribution >= 0.6 is 24.8 Å². The molecule has 0 radical (unpaired) electrons. The maximum Gasteiger partial charge on any atom is 0.223 e. The first-order valence-electron chi connectivity index (χ1n) is 8.31. The maximum atomic E-state index is 12.1. The molecule has 1 aliphatic carbocycles. The van der Waals surface area contributed by atoms with Gasteiger partial charge in [0.2, 0.25) is 5.91 Å². The van der Waals surface area contributed by atoms with Crippen LogP contribution in [0.3, 0.4) is 0 Å². The minimum Gasteiger partial charge on any atom is -0.356 e. The van der Waals surface area contributed by atoms with E-state index >= 15 is 0 Å². The Hall–Kier alpha value is -1.23. The van der Waals surface area contributed by atoms with Gasteiger partial charge in [-0.05, 0) is 43.2 Å². The molecule has 1 heterocycles. The molecular formula is C18H27Cl2N3O. The van der Waals surface area contributed by atoms with Crippen molar-refractivity contribution in [2.45, 2.75) is 44.7 Å². The molecule has 0 aliphatic heterocycles. The van der Waals surface area contributed by atoms with Crippen molar-refractivity contribution in [2.24, 2.45) is 11.7 Å². The fraction of sp³-hybridized carbons (Fsp3) is 0.500. The molecule has 2 unspecified atom stereocenters. The second-order valence-electron chi connectivity index (χ2n) is 6.34. The highest BCUT2D eigenvalue weighted by Gasteiger charge is 2.24. The molecule has 1 aromatic carbocycles. The van der Waals surface area contributed by atoms with E-state index in [-0.39, 0.29) is 42.7 Å². The molecule has 6 heteroatoms. The van der Waals surface area contributed by atoms with E-state index < -0.39 is 0 Å². The van der Waals surface area contributed by atoms with E-state index in [9.17, 15) is 4.79 Å². The number of carbonyl (C=O) groups is 1. The fourth-order valence-corrected chi connectivity index (χ4v) is 3.41. The summed E-state index contributed by atoms with van der Waals surface area (Å²) < 4.78 is 2.25. The molecule has 1 fully saturated rings. The zero-order valence-corrected chi connectivity index (χ0v) is 15.5. The number of carbonyl (C=O) groups excluding carboxylic acids is 1. The Labute approximate surface area is 156 Å². The van der Waals surface area contributed by atoms with Crippen molar-refractivity contribution in [1.29, 1.82) is 0 Å². The number of nitrogens with one attached hydrogen (secondary N) is 1. The third-order valence-corrected chi connectivity index (χ3v) is 4.64. The summed E-state index contributed by atoms with van der Waals surface area (Å²) in [4.78, 5) is 12.1. The van der Waals surface area contributed by atoms with Crippen LogP contribution in [-0.4, -0.2) is 23.1 Å². The van der Waals surface area contributed by atoms with Gasteiger partial charge >= 0.3 is 0 Å². The van der Waals surface area contributed by atoms with E-state index in [2.05, 4.69) is 46.4 Å². The molecule has 1 aliphatic rings. The van der Waals surface area contributed by atoms with E-state index in [4.69, 9.17) is 5.73 Å². The molecule has 0 saturated heterocycles. The van der Waals surface area contributed by atoms with Crippen LogP contribution in [0, 0.1) is 5.92 Å². The molecule has 24 heavy (non-hydrogen) atoms. The van der Waals surface area contributed by atoms with E-state index in [0.29, 0.717) is 0 Å². The number of aryl methyl sites for hydroxylation is 1. The fourth-order valence-electron chi connectivity index (χ4n) is 3.41. The lowest BCUT2D eigenvalue weighted by atomic mass is 9.85. The van der Waals surface area contributed by atoms with Crippen LogP contribution in [-0.2, 0) is 11.3 Å². The Morgan fingerprint density at radius 3 is 2.79 bits per heavy atom. The van der Waals surface area contributed by atoms with Crippen molar-refractivity contribution in [3.05, 3.63) is 36.5 Å². The SMILES string of the molecule is Cl.Cl.NC1CCCC(C(=O)NCCCn2ccc3ccccc32)C1. The average Bonchev–Trinajstić information content (AvgIpc) is 2.95. The molecule has 3 rings (SSSR count). The maximum absolute atomic E-state index is 12.1. The van der Waals surface area contributed by atoms with Gasteiger partial charge in [-0.25, -0.2) is 0 Å². The summed E-state index contributed by atoms with van der Waals surface area (Å²) in [5, 5.41) is 4.34. The summed E-state index contributed by atoms with van der Waals surface area (Å²) in [6.07, 6.45) is 7.03. The summed E-state index contributed by atoms with van der Waals surface area (Å²) in [6.45, 7) is 1.66. The predicted octanol–water partition coefficient (Wildman–Crippen LogP) is 3.51. The number of fused-ring (bicyclic) bond motifs is 1. The van der Waals surface area contributed by atoms with Crippen LogP contribution in [0.15, 0.2) is 36.5 Å². The van der Waals surface area contributed by atoms with Gasteiger partial charge in [0, 0.05) is 36.8 Å². The van der Waals surface area contributed by atoms with Crippen molar-refractivity contribution in [2.75, 3.05) is 6.54 Å². The van der Waals surface area contributed by atoms with Gasteiger partial charge in [-0.1, -0.05) is 24.6 Å². The zero-order chi connectivity index (χ0) is 15.4. The Bertz CT molecular complexity index is 644. The van der Waals surface area contributed by atoms with Gasteiger partial charge in [-0.2, -0.15) is 0 Å². The van der Waals surface area contributed by atoms with Crippen molar-refractivity contribution in [3.8, 4) is 0 Å². The van der Waals surface area contributed by atoms with Crippen molar-refractivity contribution in [3.63, 3.8) is 0 Å². The Balaban J connectivity index is 0.00000144. The molecular weight excluding hydrogens is 345 g/mol. The third-order valence-electron chi connectivity index (χ3n) is 4.64. The summed E-state index contributed by atoms with van der Waals surface area (Å²) in [5.41, 5.74) is 7.21. The smallest absolute Gasteiger partial charge is 0.223 e. The van der Waals surface area contributed by atoms with Crippen LogP contribution in [0.4, 0.5) is 0 Å². The monoisotopic (exact) mass is 371 g/mol. The number of para-hydroxylation sites is 1. The van der Waals surface area contributed by atoms with Gasteiger partial charge in [0.1, 0.15) is 0 Å². The summed E-state index contributed by atoms with van der Waals surface area (Å²) in [7, 11) is 0. The molecule has 1 amide bonds. The second-order valence-corrected chi connectivity index (χ2v) is 6.34. The number of benzene rings is 1. The molecule has 2 atom stereocenters.